The van der Waals surface area contributed by atoms with Crippen molar-refractivity contribution in [1.29, 1.82) is 0 Å². The number of amides is 1. The van der Waals surface area contributed by atoms with Crippen LogP contribution in [0.1, 0.15) is 52.7 Å². The zero-order chi connectivity index (χ0) is 13.2. The average Bonchev–Trinajstić information content (AvgIpc) is 2.68. The van der Waals surface area contributed by atoms with Crippen LogP contribution < -0.4 is 5.32 Å². The molecule has 2 rings (SSSR count). The molecule has 0 bridgehead atoms. The van der Waals surface area contributed by atoms with Crippen LogP contribution in [-0.4, -0.2) is 23.2 Å². The van der Waals surface area contributed by atoms with Gasteiger partial charge in [0.1, 0.15) is 0 Å². The maximum absolute atomic E-state index is 12.2. The Balaban J connectivity index is 2.06. The maximum atomic E-state index is 12.2. The molecule has 100 valence electrons. The largest absolute Gasteiger partial charge is 0.396 e. The number of carbonyl (C=O) groups excluding carboxylic acids is 1. The van der Waals surface area contributed by atoms with Gasteiger partial charge in [-0.1, -0.05) is 6.92 Å². The third kappa shape index (κ3) is 2.59. The summed E-state index contributed by atoms with van der Waals surface area (Å²) in [7, 11) is 0. The molecule has 0 spiro atoms. The van der Waals surface area contributed by atoms with Gasteiger partial charge in [0.05, 0.1) is 4.88 Å². The van der Waals surface area contributed by atoms with Crippen molar-refractivity contribution in [3.63, 3.8) is 0 Å². The normalized spacial score (nSPS) is 17.3. The van der Waals surface area contributed by atoms with Crippen molar-refractivity contribution in [2.75, 3.05) is 6.61 Å². The molecule has 1 aliphatic carbocycles. The summed E-state index contributed by atoms with van der Waals surface area (Å²) in [5, 5.41) is 12.2. The van der Waals surface area contributed by atoms with Gasteiger partial charge in [-0.3, -0.25) is 4.79 Å². The van der Waals surface area contributed by atoms with Crippen LogP contribution in [0.4, 0.5) is 0 Å². The van der Waals surface area contributed by atoms with Gasteiger partial charge in [0.2, 0.25) is 0 Å². The van der Waals surface area contributed by atoms with E-state index in [1.807, 2.05) is 6.07 Å². The minimum atomic E-state index is -0.143. The van der Waals surface area contributed by atoms with Crippen molar-refractivity contribution in [2.24, 2.45) is 0 Å². The highest BCUT2D eigenvalue weighted by Gasteiger charge is 2.38. The van der Waals surface area contributed by atoms with E-state index in [4.69, 9.17) is 5.11 Å². The van der Waals surface area contributed by atoms with E-state index < -0.39 is 0 Å². The summed E-state index contributed by atoms with van der Waals surface area (Å²) in [5.41, 5.74) is 1.06. The number of hydrogen-bond acceptors (Lipinski definition) is 3. The molecular formula is C14H21NO2S. The Morgan fingerprint density at radius 1 is 1.56 bits per heavy atom. The molecule has 18 heavy (non-hydrogen) atoms. The summed E-state index contributed by atoms with van der Waals surface area (Å²) in [4.78, 5) is 14.3. The van der Waals surface area contributed by atoms with E-state index in [2.05, 4.69) is 19.2 Å². The Kier molecular flexibility index (Phi) is 4.07. The van der Waals surface area contributed by atoms with Gasteiger partial charge in [0, 0.05) is 17.0 Å². The van der Waals surface area contributed by atoms with Crippen molar-refractivity contribution in [2.45, 2.75) is 51.5 Å². The van der Waals surface area contributed by atoms with Gasteiger partial charge < -0.3 is 10.4 Å². The zero-order valence-electron chi connectivity index (χ0n) is 11.1. The Morgan fingerprint density at radius 3 is 2.72 bits per heavy atom. The molecule has 0 aromatic carbocycles. The SMILES string of the molecule is CCc1sc(C(=O)NC2(CCO)CCC2)cc1C. The lowest BCUT2D eigenvalue weighted by atomic mass is 9.74. The van der Waals surface area contributed by atoms with Crippen LogP contribution in [0, 0.1) is 6.92 Å². The summed E-state index contributed by atoms with van der Waals surface area (Å²) in [5.74, 6) is 0.0240. The van der Waals surface area contributed by atoms with E-state index >= 15 is 0 Å². The molecule has 1 aromatic heterocycles. The summed E-state index contributed by atoms with van der Waals surface area (Å²) in [6.07, 6.45) is 4.77. The van der Waals surface area contributed by atoms with Crippen LogP contribution in [0.3, 0.4) is 0 Å². The second-order valence-electron chi connectivity index (χ2n) is 5.13. The second kappa shape index (κ2) is 5.41. The van der Waals surface area contributed by atoms with Crippen LogP contribution in [0.15, 0.2) is 6.07 Å². The predicted octanol–water partition coefficient (Wildman–Crippen LogP) is 2.65. The molecule has 2 N–H and O–H groups in total. The van der Waals surface area contributed by atoms with Crippen LogP contribution >= 0.6 is 11.3 Å². The molecule has 0 radical (unpaired) electrons. The van der Waals surface area contributed by atoms with Gasteiger partial charge in [-0.15, -0.1) is 11.3 Å². The lowest BCUT2D eigenvalue weighted by molar-refractivity contribution is 0.0775. The number of hydrogen-bond donors (Lipinski definition) is 2. The summed E-state index contributed by atoms with van der Waals surface area (Å²) >= 11 is 1.59. The van der Waals surface area contributed by atoms with E-state index in [1.54, 1.807) is 11.3 Å². The molecule has 1 saturated carbocycles. The summed E-state index contributed by atoms with van der Waals surface area (Å²) < 4.78 is 0. The molecule has 1 aliphatic rings. The first-order chi connectivity index (χ1) is 8.60. The topological polar surface area (TPSA) is 49.3 Å². The van der Waals surface area contributed by atoms with Crippen molar-refractivity contribution in [3.05, 3.63) is 21.4 Å². The fourth-order valence-corrected chi connectivity index (χ4v) is 3.55. The van der Waals surface area contributed by atoms with Gasteiger partial charge >= 0.3 is 0 Å². The second-order valence-corrected chi connectivity index (χ2v) is 6.27. The molecule has 0 atom stereocenters. The summed E-state index contributed by atoms with van der Waals surface area (Å²) in [6.45, 7) is 4.31. The summed E-state index contributed by atoms with van der Waals surface area (Å²) in [6, 6.07) is 1.98. The molecule has 3 nitrogen and oxygen atoms in total. The number of nitrogens with one attached hydrogen (secondary N) is 1. The Hall–Kier alpha value is -0.870. The first kappa shape index (κ1) is 13.6. The third-order valence-electron chi connectivity index (χ3n) is 3.85. The fourth-order valence-electron chi connectivity index (χ4n) is 2.54. The smallest absolute Gasteiger partial charge is 0.261 e. The average molecular weight is 267 g/mol. The van der Waals surface area contributed by atoms with Gasteiger partial charge in [0.15, 0.2) is 0 Å². The monoisotopic (exact) mass is 267 g/mol. The van der Waals surface area contributed by atoms with Gasteiger partial charge in [-0.2, -0.15) is 0 Å². The highest BCUT2D eigenvalue weighted by molar-refractivity contribution is 7.14. The van der Waals surface area contributed by atoms with Gasteiger partial charge in [-0.25, -0.2) is 0 Å². The molecular weight excluding hydrogens is 246 g/mol. The van der Waals surface area contributed by atoms with Gasteiger partial charge in [0.25, 0.3) is 5.91 Å². The Bertz CT molecular complexity index is 435. The minimum absolute atomic E-state index is 0.0240. The molecule has 0 unspecified atom stereocenters. The van der Waals surface area contributed by atoms with E-state index in [9.17, 15) is 4.79 Å². The zero-order valence-corrected chi connectivity index (χ0v) is 11.9. The van der Waals surface area contributed by atoms with Crippen molar-refractivity contribution >= 4 is 17.2 Å². The maximum Gasteiger partial charge on any atom is 0.261 e. The highest BCUT2D eigenvalue weighted by atomic mass is 32.1. The molecule has 1 amide bonds. The van der Waals surface area contributed by atoms with Crippen LogP contribution in [0.5, 0.6) is 0 Å². The lowest BCUT2D eigenvalue weighted by Crippen LogP contribution is -2.53. The molecule has 1 fully saturated rings. The molecule has 0 saturated heterocycles. The van der Waals surface area contributed by atoms with E-state index in [1.165, 1.54) is 10.4 Å². The Labute approximate surface area is 112 Å². The minimum Gasteiger partial charge on any atom is -0.396 e. The molecule has 0 aliphatic heterocycles. The lowest BCUT2D eigenvalue weighted by Gasteiger charge is -2.42. The first-order valence-electron chi connectivity index (χ1n) is 6.63. The number of carbonyl (C=O) groups is 1. The van der Waals surface area contributed by atoms with Crippen LogP contribution in [0.25, 0.3) is 0 Å². The van der Waals surface area contributed by atoms with Crippen molar-refractivity contribution in [3.8, 4) is 0 Å². The first-order valence-corrected chi connectivity index (χ1v) is 7.44. The number of aliphatic hydroxyl groups is 1. The van der Waals surface area contributed by atoms with Gasteiger partial charge in [-0.05, 0) is 50.7 Å². The van der Waals surface area contributed by atoms with Crippen molar-refractivity contribution in [1.82, 2.24) is 5.32 Å². The van der Waals surface area contributed by atoms with Crippen LogP contribution in [0.2, 0.25) is 0 Å². The molecule has 1 heterocycles. The number of rotatable bonds is 5. The predicted molar refractivity (Wildman–Crippen MR) is 74.2 cm³/mol. The number of thiophene rings is 1. The third-order valence-corrected chi connectivity index (χ3v) is 5.23. The highest BCUT2D eigenvalue weighted by Crippen LogP contribution is 2.35. The van der Waals surface area contributed by atoms with E-state index in [-0.39, 0.29) is 18.1 Å². The Morgan fingerprint density at radius 2 is 2.28 bits per heavy atom. The van der Waals surface area contributed by atoms with Crippen LogP contribution in [-0.2, 0) is 6.42 Å². The fraction of sp³-hybridized carbons (Fsp3) is 0.643. The molecule has 4 heteroatoms. The van der Waals surface area contributed by atoms with E-state index in [0.717, 1.165) is 30.6 Å². The van der Waals surface area contributed by atoms with Crippen molar-refractivity contribution < 1.29 is 9.90 Å². The standard InChI is InChI=1S/C14H21NO2S/c1-3-11-10(2)9-12(18-11)13(17)15-14(7-8-16)5-4-6-14/h9,16H,3-8H2,1-2H3,(H,15,17). The quantitative estimate of drug-likeness (QED) is 0.861. The number of aryl methyl sites for hydroxylation is 2. The molecule has 1 aromatic rings. The van der Waals surface area contributed by atoms with E-state index in [0.29, 0.717) is 6.42 Å². The number of aliphatic hydroxyl groups excluding tert-OH is 1.